The Kier molecular flexibility index (Phi) is 7.13. The van der Waals surface area contributed by atoms with Crippen LogP contribution in [0.1, 0.15) is 26.6 Å². The number of hydrogen-bond acceptors (Lipinski definition) is 8. The Morgan fingerprint density at radius 3 is 2.63 bits per heavy atom. The standard InChI is InChI=1S/C25H35N7O3/c1-25(2,3)35-24(33)28-18-7-6-17(16-19(18)34-5)21-22-23(26)27-9-11-32(22)20(29-21)8-10-31-14-12-30(4)13-15-31/h6-7,9,11,16H,8,10,12-15H2,1-5H3,(H2,26,27)(H,28,33). The van der Waals surface area contributed by atoms with E-state index in [4.69, 9.17) is 20.2 Å². The Morgan fingerprint density at radius 1 is 1.20 bits per heavy atom. The first-order valence-electron chi connectivity index (χ1n) is 11.9. The lowest BCUT2D eigenvalue weighted by Crippen LogP contribution is -2.45. The molecule has 35 heavy (non-hydrogen) atoms. The number of amides is 1. The minimum Gasteiger partial charge on any atom is -0.495 e. The van der Waals surface area contributed by atoms with Crippen LogP contribution in [0.4, 0.5) is 16.3 Å². The lowest BCUT2D eigenvalue weighted by Gasteiger charge is -2.32. The van der Waals surface area contributed by atoms with Gasteiger partial charge in [-0.05, 0) is 40.0 Å². The quantitative estimate of drug-likeness (QED) is 0.553. The summed E-state index contributed by atoms with van der Waals surface area (Å²) in [7, 11) is 3.71. The molecule has 0 saturated carbocycles. The van der Waals surface area contributed by atoms with Crippen molar-refractivity contribution < 1.29 is 14.3 Å². The van der Waals surface area contributed by atoms with Crippen LogP contribution in [0.25, 0.3) is 16.8 Å². The van der Waals surface area contributed by atoms with Crippen LogP contribution in [-0.4, -0.2) is 82.7 Å². The SMILES string of the molecule is COc1cc(-c2nc(CCN3CCN(C)CC3)n3ccnc(N)c23)ccc1NC(=O)OC(C)(C)C. The summed E-state index contributed by atoms with van der Waals surface area (Å²) in [6.07, 6.45) is 3.85. The summed E-state index contributed by atoms with van der Waals surface area (Å²) in [6.45, 7) is 10.6. The predicted molar refractivity (Wildman–Crippen MR) is 137 cm³/mol. The normalized spacial score (nSPS) is 15.3. The number of nitrogens with two attached hydrogens (primary N) is 1. The number of aromatic nitrogens is 3. The Hall–Kier alpha value is -3.37. The van der Waals surface area contributed by atoms with Crippen molar-refractivity contribution in [3.05, 3.63) is 36.4 Å². The third-order valence-electron chi connectivity index (χ3n) is 6.01. The van der Waals surface area contributed by atoms with Crippen molar-refractivity contribution in [3.63, 3.8) is 0 Å². The van der Waals surface area contributed by atoms with Crippen LogP contribution in [0.3, 0.4) is 0 Å². The molecule has 2 aromatic heterocycles. The van der Waals surface area contributed by atoms with Crippen LogP contribution < -0.4 is 15.8 Å². The largest absolute Gasteiger partial charge is 0.495 e. The molecule has 1 aliphatic rings. The molecule has 0 radical (unpaired) electrons. The zero-order valence-corrected chi connectivity index (χ0v) is 21.2. The fourth-order valence-corrected chi connectivity index (χ4v) is 4.19. The molecule has 10 heteroatoms. The summed E-state index contributed by atoms with van der Waals surface area (Å²) < 4.78 is 12.9. The minimum atomic E-state index is -0.600. The molecule has 3 heterocycles. The Balaban J connectivity index is 1.62. The first kappa shape index (κ1) is 24.7. The molecule has 0 bridgehead atoms. The van der Waals surface area contributed by atoms with Gasteiger partial charge in [0.2, 0.25) is 0 Å². The van der Waals surface area contributed by atoms with Gasteiger partial charge < -0.3 is 25.0 Å². The van der Waals surface area contributed by atoms with E-state index in [0.717, 1.165) is 61.7 Å². The number of nitrogens with zero attached hydrogens (tertiary/aromatic N) is 5. The summed E-state index contributed by atoms with van der Waals surface area (Å²) in [5.74, 6) is 1.84. The highest BCUT2D eigenvalue weighted by atomic mass is 16.6. The molecule has 1 aliphatic heterocycles. The molecule has 3 aromatic rings. The van der Waals surface area contributed by atoms with E-state index in [9.17, 15) is 4.79 Å². The zero-order chi connectivity index (χ0) is 25.2. The maximum atomic E-state index is 12.3. The highest BCUT2D eigenvalue weighted by Crippen LogP contribution is 2.34. The summed E-state index contributed by atoms with van der Waals surface area (Å²) in [5, 5.41) is 2.75. The van der Waals surface area contributed by atoms with E-state index in [1.54, 1.807) is 19.4 Å². The van der Waals surface area contributed by atoms with Gasteiger partial charge >= 0.3 is 6.09 Å². The van der Waals surface area contributed by atoms with Crippen LogP contribution in [0.2, 0.25) is 0 Å². The van der Waals surface area contributed by atoms with Crippen molar-refractivity contribution in [3.8, 4) is 17.0 Å². The van der Waals surface area contributed by atoms with Gasteiger partial charge in [0.05, 0.1) is 12.8 Å². The number of nitrogens with one attached hydrogen (secondary N) is 1. The van der Waals surface area contributed by atoms with Crippen LogP contribution in [0.15, 0.2) is 30.6 Å². The molecule has 0 spiro atoms. The smallest absolute Gasteiger partial charge is 0.412 e. The van der Waals surface area contributed by atoms with Crippen molar-refractivity contribution in [1.82, 2.24) is 24.2 Å². The van der Waals surface area contributed by atoms with Gasteiger partial charge in [-0.1, -0.05) is 6.07 Å². The number of nitrogen functional groups attached to an aromatic ring is 1. The minimum absolute atomic E-state index is 0.413. The molecule has 1 amide bonds. The van der Waals surface area contributed by atoms with E-state index in [-0.39, 0.29) is 0 Å². The number of ether oxygens (including phenoxy) is 2. The van der Waals surface area contributed by atoms with Crippen molar-refractivity contribution in [1.29, 1.82) is 0 Å². The molecule has 0 unspecified atom stereocenters. The summed E-state index contributed by atoms with van der Waals surface area (Å²) in [5.41, 5.74) is 8.51. The predicted octanol–water partition coefficient (Wildman–Crippen LogP) is 3.12. The lowest BCUT2D eigenvalue weighted by atomic mass is 10.1. The van der Waals surface area contributed by atoms with E-state index >= 15 is 0 Å². The third kappa shape index (κ3) is 5.83. The van der Waals surface area contributed by atoms with E-state index in [1.165, 1.54) is 0 Å². The van der Waals surface area contributed by atoms with Crippen molar-refractivity contribution in [2.24, 2.45) is 0 Å². The van der Waals surface area contributed by atoms with Gasteiger partial charge in [0, 0.05) is 57.1 Å². The number of rotatable bonds is 6. The second-order valence-corrected chi connectivity index (χ2v) is 9.84. The van der Waals surface area contributed by atoms with E-state index in [1.807, 2.05) is 43.5 Å². The molecule has 3 N–H and O–H groups in total. The number of carbonyl (C=O) groups is 1. The zero-order valence-electron chi connectivity index (χ0n) is 21.2. The molecule has 188 valence electrons. The molecule has 0 atom stereocenters. The van der Waals surface area contributed by atoms with Gasteiger partial charge in [-0.3, -0.25) is 9.72 Å². The van der Waals surface area contributed by atoms with Crippen LogP contribution in [-0.2, 0) is 11.2 Å². The topological polar surface area (TPSA) is 110 Å². The highest BCUT2D eigenvalue weighted by Gasteiger charge is 2.21. The van der Waals surface area contributed by atoms with E-state index in [0.29, 0.717) is 17.3 Å². The third-order valence-corrected chi connectivity index (χ3v) is 6.01. The molecule has 1 saturated heterocycles. The second-order valence-electron chi connectivity index (χ2n) is 9.84. The number of hydrogen-bond donors (Lipinski definition) is 2. The van der Waals surface area contributed by atoms with Gasteiger partial charge in [0.25, 0.3) is 0 Å². The maximum Gasteiger partial charge on any atom is 0.412 e. The highest BCUT2D eigenvalue weighted by molar-refractivity contribution is 5.90. The average Bonchev–Trinajstić information content (AvgIpc) is 3.18. The molecular weight excluding hydrogens is 446 g/mol. The number of carbonyl (C=O) groups excluding carboxylic acids is 1. The number of benzene rings is 1. The van der Waals surface area contributed by atoms with Crippen LogP contribution in [0.5, 0.6) is 5.75 Å². The fraction of sp³-hybridized carbons (Fsp3) is 0.480. The van der Waals surface area contributed by atoms with Crippen molar-refractivity contribution in [2.75, 3.05) is 57.9 Å². The molecular formula is C25H35N7O3. The number of imidazole rings is 1. The van der Waals surface area contributed by atoms with E-state index in [2.05, 4.69) is 27.1 Å². The summed E-state index contributed by atoms with van der Waals surface area (Å²) >= 11 is 0. The number of anilines is 2. The fourth-order valence-electron chi connectivity index (χ4n) is 4.19. The Bertz CT molecular complexity index is 1190. The summed E-state index contributed by atoms with van der Waals surface area (Å²) in [4.78, 5) is 26.3. The molecule has 1 fully saturated rings. The van der Waals surface area contributed by atoms with Gasteiger partial charge in [-0.15, -0.1) is 0 Å². The Morgan fingerprint density at radius 2 is 1.94 bits per heavy atom. The van der Waals surface area contributed by atoms with Crippen LogP contribution >= 0.6 is 0 Å². The first-order chi connectivity index (χ1) is 16.6. The van der Waals surface area contributed by atoms with Crippen molar-refractivity contribution in [2.45, 2.75) is 32.8 Å². The van der Waals surface area contributed by atoms with E-state index < -0.39 is 11.7 Å². The van der Waals surface area contributed by atoms with Gasteiger partial charge in [0.15, 0.2) is 0 Å². The lowest BCUT2D eigenvalue weighted by molar-refractivity contribution is 0.0635. The van der Waals surface area contributed by atoms with Crippen LogP contribution in [0, 0.1) is 0 Å². The maximum absolute atomic E-state index is 12.3. The average molecular weight is 482 g/mol. The number of piperazine rings is 1. The second kappa shape index (κ2) is 10.1. The van der Waals surface area contributed by atoms with Gasteiger partial charge in [0.1, 0.15) is 34.2 Å². The Labute approximate surface area is 206 Å². The monoisotopic (exact) mass is 481 g/mol. The van der Waals surface area contributed by atoms with Gasteiger partial charge in [-0.2, -0.15) is 0 Å². The van der Waals surface area contributed by atoms with Gasteiger partial charge in [-0.25, -0.2) is 14.8 Å². The molecule has 4 rings (SSSR count). The molecule has 0 aliphatic carbocycles. The summed E-state index contributed by atoms with van der Waals surface area (Å²) in [6, 6.07) is 5.50. The number of methoxy groups -OCH3 is 1. The number of fused-ring (bicyclic) bond motifs is 1. The first-order valence-corrected chi connectivity index (χ1v) is 11.9. The molecule has 10 nitrogen and oxygen atoms in total. The van der Waals surface area contributed by atoms with Crippen molar-refractivity contribution >= 4 is 23.1 Å². The number of likely N-dealkylation sites (N-methyl/N-ethyl adjacent to an activating group) is 1. The molecule has 1 aromatic carbocycles.